The van der Waals surface area contributed by atoms with E-state index in [1.54, 1.807) is 11.6 Å². The van der Waals surface area contributed by atoms with Gasteiger partial charge in [-0.1, -0.05) is 73.7 Å². The number of ether oxygens (including phenoxy) is 1. The van der Waals surface area contributed by atoms with Crippen LogP contribution in [0.15, 0.2) is 79.4 Å². The minimum Gasteiger partial charge on any atom is -0.377 e. The highest BCUT2D eigenvalue weighted by Crippen LogP contribution is 2.37. The van der Waals surface area contributed by atoms with Crippen LogP contribution >= 0.6 is 0 Å². The van der Waals surface area contributed by atoms with Gasteiger partial charge in [0.2, 0.25) is 0 Å². The van der Waals surface area contributed by atoms with Crippen molar-refractivity contribution in [3.63, 3.8) is 0 Å². The highest BCUT2D eigenvalue weighted by Gasteiger charge is 2.21. The molecule has 0 N–H and O–H groups in total. The molecule has 0 aromatic heterocycles. The predicted molar refractivity (Wildman–Crippen MR) is 172 cm³/mol. The molecule has 1 saturated carbocycles. The summed E-state index contributed by atoms with van der Waals surface area (Å²) in [5.41, 5.74) is 7.59. The Morgan fingerprint density at radius 1 is 0.732 bits per heavy atom. The van der Waals surface area contributed by atoms with Crippen molar-refractivity contribution in [1.29, 1.82) is 0 Å². The van der Waals surface area contributed by atoms with Gasteiger partial charge >= 0.3 is 0 Å². The van der Waals surface area contributed by atoms with Crippen LogP contribution in [0.1, 0.15) is 110 Å². The molecule has 3 aromatic carbocycles. The molecule has 0 amide bonds. The fourth-order valence-corrected chi connectivity index (χ4v) is 6.30. The molecule has 4 rings (SSSR count). The number of rotatable bonds is 17. The Balaban J connectivity index is 1.09. The van der Waals surface area contributed by atoms with Gasteiger partial charge in [0.05, 0.1) is 6.61 Å². The molecule has 41 heavy (non-hydrogen) atoms. The van der Waals surface area contributed by atoms with Gasteiger partial charge in [-0.3, -0.25) is 0 Å². The minimum absolute atomic E-state index is 0.139. The van der Waals surface area contributed by atoms with Crippen LogP contribution in [0.3, 0.4) is 0 Å². The van der Waals surface area contributed by atoms with Crippen LogP contribution in [0.5, 0.6) is 0 Å². The normalized spacial score (nSPS) is 17.0. The minimum atomic E-state index is -0.139. The van der Waals surface area contributed by atoms with Crippen LogP contribution in [-0.2, 0) is 37.0 Å². The quantitative estimate of drug-likeness (QED) is 0.119. The molecule has 1 fully saturated rings. The summed E-state index contributed by atoms with van der Waals surface area (Å²) in [5.74, 6) is 1.48. The van der Waals surface area contributed by atoms with E-state index in [0.29, 0.717) is 18.8 Å². The van der Waals surface area contributed by atoms with E-state index in [-0.39, 0.29) is 5.82 Å². The lowest BCUT2D eigenvalue weighted by molar-refractivity contribution is 0.119. The van der Waals surface area contributed by atoms with Gasteiger partial charge in [-0.15, -0.1) is 6.58 Å². The molecule has 0 bridgehead atoms. The average Bonchev–Trinajstić information content (AvgIpc) is 3.00. The second-order valence-electron chi connectivity index (χ2n) is 12.2. The summed E-state index contributed by atoms with van der Waals surface area (Å²) in [5, 5.41) is 0. The standard InChI is InChI=1S/C39H51FO/c1-3-9-31-18-23-36(24-19-31)37-25-20-34(21-26-37)12-6-5-10-32-14-16-33(17-15-32)11-7-8-13-35-22-27-38(39(40)29-35)30-41-28-4-2/h3,14-17,20-22,25-27,29,31,36H,1,4-13,18-19,23-24,28,30H2,2H3/t31-,36-. The maximum absolute atomic E-state index is 14.3. The lowest BCUT2D eigenvalue weighted by atomic mass is 9.77. The van der Waals surface area contributed by atoms with E-state index in [0.717, 1.165) is 55.9 Å². The van der Waals surface area contributed by atoms with Gasteiger partial charge in [-0.25, -0.2) is 4.39 Å². The van der Waals surface area contributed by atoms with E-state index in [4.69, 9.17) is 4.74 Å². The summed E-state index contributed by atoms with van der Waals surface area (Å²) >= 11 is 0. The van der Waals surface area contributed by atoms with Crippen molar-refractivity contribution >= 4 is 0 Å². The van der Waals surface area contributed by atoms with E-state index in [1.165, 1.54) is 68.1 Å². The van der Waals surface area contributed by atoms with E-state index in [1.807, 2.05) is 6.07 Å². The second kappa shape index (κ2) is 17.3. The Morgan fingerprint density at radius 2 is 1.24 bits per heavy atom. The van der Waals surface area contributed by atoms with Crippen LogP contribution in [-0.4, -0.2) is 6.61 Å². The van der Waals surface area contributed by atoms with Crippen LogP contribution in [0, 0.1) is 11.7 Å². The molecule has 0 heterocycles. The van der Waals surface area contributed by atoms with Crippen molar-refractivity contribution in [3.8, 4) is 0 Å². The molecule has 1 aliphatic rings. The van der Waals surface area contributed by atoms with Crippen molar-refractivity contribution in [2.24, 2.45) is 5.92 Å². The van der Waals surface area contributed by atoms with Crippen molar-refractivity contribution in [1.82, 2.24) is 0 Å². The highest BCUT2D eigenvalue weighted by atomic mass is 19.1. The van der Waals surface area contributed by atoms with Crippen LogP contribution in [0.4, 0.5) is 4.39 Å². The number of hydrogen-bond donors (Lipinski definition) is 0. The van der Waals surface area contributed by atoms with Crippen molar-refractivity contribution < 1.29 is 9.13 Å². The molecule has 0 aliphatic heterocycles. The Bertz CT molecular complexity index is 1160. The summed E-state index contributed by atoms with van der Waals surface area (Å²) in [6, 6.07) is 24.4. The molecule has 0 saturated heterocycles. The van der Waals surface area contributed by atoms with E-state index < -0.39 is 0 Å². The first-order valence-electron chi connectivity index (χ1n) is 16.3. The van der Waals surface area contributed by atoms with Crippen molar-refractivity contribution in [2.45, 2.75) is 109 Å². The van der Waals surface area contributed by atoms with Crippen molar-refractivity contribution in [3.05, 3.63) is 119 Å². The average molecular weight is 555 g/mol. The molecule has 220 valence electrons. The molecule has 2 heteroatoms. The van der Waals surface area contributed by atoms with E-state index in [9.17, 15) is 4.39 Å². The lowest BCUT2D eigenvalue weighted by Crippen LogP contribution is -2.12. The van der Waals surface area contributed by atoms with E-state index in [2.05, 4.69) is 74.2 Å². The topological polar surface area (TPSA) is 9.23 Å². The maximum Gasteiger partial charge on any atom is 0.128 e. The molecule has 0 atom stereocenters. The number of benzene rings is 3. The first-order chi connectivity index (χ1) is 20.1. The third kappa shape index (κ3) is 10.6. The summed E-state index contributed by atoms with van der Waals surface area (Å²) in [4.78, 5) is 0. The highest BCUT2D eigenvalue weighted by molar-refractivity contribution is 5.27. The molecule has 1 aliphatic carbocycles. The SMILES string of the molecule is C=CC[C@H]1CC[C@H](c2ccc(CCCCc3ccc(CCCCc4ccc(COCCC)c(F)c4)cc3)cc2)CC1. The van der Waals surface area contributed by atoms with Gasteiger partial charge < -0.3 is 4.74 Å². The maximum atomic E-state index is 14.3. The number of unbranched alkanes of at least 4 members (excludes halogenated alkanes) is 2. The number of halogens is 1. The zero-order valence-electron chi connectivity index (χ0n) is 25.4. The molecule has 1 nitrogen and oxygen atoms in total. The Morgan fingerprint density at radius 3 is 1.76 bits per heavy atom. The molecular formula is C39H51FO. The molecule has 0 unspecified atom stereocenters. The summed E-state index contributed by atoms with van der Waals surface area (Å²) in [6.45, 7) is 7.01. The summed E-state index contributed by atoms with van der Waals surface area (Å²) in [7, 11) is 0. The number of allylic oxidation sites excluding steroid dienone is 1. The Hall–Kier alpha value is -2.71. The fraction of sp³-hybridized carbons (Fsp3) is 0.487. The number of aryl methyl sites for hydroxylation is 4. The third-order valence-electron chi connectivity index (χ3n) is 8.91. The smallest absolute Gasteiger partial charge is 0.128 e. The fourth-order valence-electron chi connectivity index (χ4n) is 6.30. The first-order valence-corrected chi connectivity index (χ1v) is 16.3. The van der Waals surface area contributed by atoms with E-state index >= 15 is 0 Å². The molecule has 0 spiro atoms. The number of hydrogen-bond acceptors (Lipinski definition) is 1. The third-order valence-corrected chi connectivity index (χ3v) is 8.91. The van der Waals surface area contributed by atoms with Gasteiger partial charge in [0.15, 0.2) is 0 Å². The van der Waals surface area contributed by atoms with Crippen LogP contribution < -0.4 is 0 Å². The first kappa shape index (κ1) is 31.2. The van der Waals surface area contributed by atoms with Gasteiger partial charge in [0.25, 0.3) is 0 Å². The lowest BCUT2D eigenvalue weighted by Gasteiger charge is -2.28. The zero-order valence-corrected chi connectivity index (χ0v) is 25.4. The molecular weight excluding hydrogens is 503 g/mol. The van der Waals surface area contributed by atoms with Crippen molar-refractivity contribution in [2.75, 3.05) is 6.61 Å². The van der Waals surface area contributed by atoms with Crippen LogP contribution in [0.25, 0.3) is 0 Å². The largest absolute Gasteiger partial charge is 0.377 e. The Kier molecular flexibility index (Phi) is 13.2. The van der Waals surface area contributed by atoms with Gasteiger partial charge in [-0.2, -0.15) is 0 Å². The van der Waals surface area contributed by atoms with Gasteiger partial charge in [0.1, 0.15) is 5.82 Å². The van der Waals surface area contributed by atoms with Crippen LogP contribution in [0.2, 0.25) is 0 Å². The monoisotopic (exact) mass is 554 g/mol. The Labute approximate surface area is 249 Å². The molecule has 3 aromatic rings. The van der Waals surface area contributed by atoms with Gasteiger partial charge in [-0.05, 0) is 136 Å². The molecule has 0 radical (unpaired) electrons. The summed E-state index contributed by atoms with van der Waals surface area (Å²) in [6.07, 6.45) is 18.6. The second-order valence-corrected chi connectivity index (χ2v) is 12.2. The predicted octanol–water partition coefficient (Wildman–Crippen LogP) is 10.7. The zero-order chi connectivity index (χ0) is 28.7. The van der Waals surface area contributed by atoms with Gasteiger partial charge in [0, 0.05) is 12.2 Å². The summed E-state index contributed by atoms with van der Waals surface area (Å²) < 4.78 is 19.8.